The molecule has 0 fully saturated rings. The van der Waals surface area contributed by atoms with Gasteiger partial charge < -0.3 is 0 Å². The van der Waals surface area contributed by atoms with Gasteiger partial charge in [0.25, 0.3) is 5.69 Å². The normalized spacial score (nSPS) is 9.92. The number of nitro groups is 1. The van der Waals surface area contributed by atoms with Gasteiger partial charge in [0.1, 0.15) is 0 Å². The van der Waals surface area contributed by atoms with E-state index in [-0.39, 0.29) is 5.69 Å². The zero-order valence-electron chi connectivity index (χ0n) is 6.17. The average molecular weight is 297 g/mol. The van der Waals surface area contributed by atoms with E-state index in [2.05, 4.69) is 0 Å². The van der Waals surface area contributed by atoms with Crippen molar-refractivity contribution in [2.75, 3.05) is 0 Å². The van der Waals surface area contributed by atoms with Gasteiger partial charge in [0, 0.05) is 11.1 Å². The molecule has 1 rings (SSSR count). The molecule has 0 unspecified atom stereocenters. The fourth-order valence-electron chi connectivity index (χ4n) is 0.782. The minimum Gasteiger partial charge on any atom is -0.258 e. The Morgan fingerprint density at radius 3 is 2.67 bits per heavy atom. The first-order valence-electron chi connectivity index (χ1n) is 3.12. The molecule has 0 saturated heterocycles. The smallest absolute Gasteiger partial charge is 0.258 e. The molecule has 0 N–H and O–H groups in total. The molecule has 0 aromatic heterocycles. The number of rotatable bonds is 1. The molecular weight excluding hydrogens is 292 g/mol. The van der Waals surface area contributed by atoms with Gasteiger partial charge in [-0.3, -0.25) is 10.1 Å². The van der Waals surface area contributed by atoms with Crippen LogP contribution >= 0.6 is 34.2 Å². The number of aryl methyl sites for hydroxylation is 1. The molecule has 0 heterocycles. The van der Waals surface area contributed by atoms with Crippen molar-refractivity contribution in [2.45, 2.75) is 6.92 Å². The lowest BCUT2D eigenvalue weighted by Gasteiger charge is -1.99. The lowest BCUT2D eigenvalue weighted by Crippen LogP contribution is -1.92. The maximum atomic E-state index is 10.4. The zero-order chi connectivity index (χ0) is 9.30. The van der Waals surface area contributed by atoms with Crippen molar-refractivity contribution in [3.05, 3.63) is 36.4 Å². The van der Waals surface area contributed by atoms with Crippen LogP contribution in [0.3, 0.4) is 0 Å². The Labute approximate surface area is 88.0 Å². The highest BCUT2D eigenvalue weighted by atomic mass is 127. The van der Waals surface area contributed by atoms with Gasteiger partial charge in [-0.15, -0.1) is 0 Å². The van der Waals surface area contributed by atoms with Gasteiger partial charge in [0.2, 0.25) is 0 Å². The van der Waals surface area contributed by atoms with E-state index in [9.17, 15) is 10.1 Å². The van der Waals surface area contributed by atoms with Crippen LogP contribution in [0.4, 0.5) is 5.69 Å². The molecule has 1 aromatic carbocycles. The maximum Gasteiger partial charge on any atom is 0.283 e. The lowest BCUT2D eigenvalue weighted by atomic mass is 10.2. The highest BCUT2D eigenvalue weighted by Crippen LogP contribution is 2.27. The molecule has 0 radical (unpaired) electrons. The Morgan fingerprint density at radius 2 is 2.17 bits per heavy atom. The van der Waals surface area contributed by atoms with E-state index in [0.29, 0.717) is 8.59 Å². The molecule has 0 spiro atoms. The van der Waals surface area contributed by atoms with Gasteiger partial charge in [-0.25, -0.2) is 0 Å². The molecule has 5 heteroatoms. The lowest BCUT2D eigenvalue weighted by molar-refractivity contribution is -0.385. The fraction of sp³-hybridized carbons (Fsp3) is 0.143. The monoisotopic (exact) mass is 297 g/mol. The SMILES string of the molecule is Cc1cc([N+](=O)[O-])c(I)cc1Cl. The van der Waals surface area contributed by atoms with Crippen LogP contribution in [-0.4, -0.2) is 4.92 Å². The summed E-state index contributed by atoms with van der Waals surface area (Å²) in [4.78, 5) is 10.0. The van der Waals surface area contributed by atoms with Gasteiger partial charge in [0.15, 0.2) is 0 Å². The molecule has 0 atom stereocenters. The summed E-state index contributed by atoms with van der Waals surface area (Å²) >= 11 is 7.66. The van der Waals surface area contributed by atoms with Crippen LogP contribution in [0.15, 0.2) is 12.1 Å². The third kappa shape index (κ3) is 1.87. The van der Waals surface area contributed by atoms with Crippen molar-refractivity contribution in [2.24, 2.45) is 0 Å². The Bertz CT molecular complexity index is 340. The molecule has 0 amide bonds. The number of benzene rings is 1. The standard InChI is InChI=1S/C7H5ClINO2/c1-4-2-7(10(11)12)6(9)3-5(4)8/h2-3H,1H3. The van der Waals surface area contributed by atoms with Gasteiger partial charge in [-0.05, 0) is 41.1 Å². The number of nitro benzene ring substituents is 1. The van der Waals surface area contributed by atoms with Crippen molar-refractivity contribution >= 4 is 39.9 Å². The summed E-state index contributed by atoms with van der Waals surface area (Å²) in [6.45, 7) is 1.74. The molecule has 0 aliphatic carbocycles. The summed E-state index contributed by atoms with van der Waals surface area (Å²) in [7, 11) is 0. The highest BCUT2D eigenvalue weighted by molar-refractivity contribution is 14.1. The third-order valence-electron chi connectivity index (χ3n) is 1.42. The van der Waals surface area contributed by atoms with Gasteiger partial charge in [-0.1, -0.05) is 11.6 Å². The molecule has 0 aliphatic heterocycles. The van der Waals surface area contributed by atoms with Gasteiger partial charge >= 0.3 is 0 Å². The van der Waals surface area contributed by atoms with Crippen molar-refractivity contribution in [3.63, 3.8) is 0 Å². The predicted octanol–water partition coefficient (Wildman–Crippen LogP) is 3.16. The Morgan fingerprint density at radius 1 is 1.58 bits per heavy atom. The summed E-state index contributed by atoms with van der Waals surface area (Å²) in [6, 6.07) is 3.07. The molecular formula is C7H5ClINO2. The second-order valence-corrected chi connectivity index (χ2v) is 3.88. The predicted molar refractivity (Wildman–Crippen MR) is 55.6 cm³/mol. The van der Waals surface area contributed by atoms with E-state index in [0.717, 1.165) is 5.56 Å². The first-order valence-corrected chi connectivity index (χ1v) is 4.58. The molecule has 1 aromatic rings. The topological polar surface area (TPSA) is 43.1 Å². The fourth-order valence-corrected chi connectivity index (χ4v) is 1.79. The van der Waals surface area contributed by atoms with Crippen LogP contribution < -0.4 is 0 Å². The number of hydrogen-bond donors (Lipinski definition) is 0. The van der Waals surface area contributed by atoms with Crippen molar-refractivity contribution in [3.8, 4) is 0 Å². The third-order valence-corrected chi connectivity index (χ3v) is 2.70. The van der Waals surface area contributed by atoms with Crippen LogP contribution in [0, 0.1) is 20.6 Å². The highest BCUT2D eigenvalue weighted by Gasteiger charge is 2.13. The molecule has 3 nitrogen and oxygen atoms in total. The van der Waals surface area contributed by atoms with Crippen molar-refractivity contribution < 1.29 is 4.92 Å². The first-order chi connectivity index (χ1) is 5.52. The number of hydrogen-bond acceptors (Lipinski definition) is 2. The minimum absolute atomic E-state index is 0.109. The first kappa shape index (κ1) is 9.73. The molecule has 0 aliphatic rings. The Kier molecular flexibility index (Phi) is 2.89. The van der Waals surface area contributed by atoms with Crippen LogP contribution in [0.5, 0.6) is 0 Å². The Hall–Kier alpha value is -0.360. The van der Waals surface area contributed by atoms with Gasteiger partial charge in [0.05, 0.1) is 8.49 Å². The summed E-state index contributed by atoms with van der Waals surface area (Å²) in [5.41, 5.74) is 0.835. The van der Waals surface area contributed by atoms with Gasteiger partial charge in [-0.2, -0.15) is 0 Å². The molecule has 12 heavy (non-hydrogen) atoms. The van der Waals surface area contributed by atoms with E-state index in [4.69, 9.17) is 11.6 Å². The maximum absolute atomic E-state index is 10.4. The largest absolute Gasteiger partial charge is 0.283 e. The summed E-state index contributed by atoms with van der Waals surface area (Å²) in [5, 5.41) is 11.0. The van der Waals surface area contributed by atoms with E-state index < -0.39 is 4.92 Å². The number of nitrogens with zero attached hydrogens (tertiary/aromatic N) is 1. The van der Waals surface area contributed by atoms with E-state index in [1.54, 1.807) is 13.0 Å². The van der Waals surface area contributed by atoms with Crippen molar-refractivity contribution in [1.29, 1.82) is 0 Å². The van der Waals surface area contributed by atoms with E-state index >= 15 is 0 Å². The average Bonchev–Trinajstić information content (AvgIpc) is 1.96. The van der Waals surface area contributed by atoms with Crippen LogP contribution in [0.25, 0.3) is 0 Å². The Balaban J connectivity index is 3.33. The summed E-state index contributed by atoms with van der Waals surface area (Å²) in [6.07, 6.45) is 0. The second-order valence-electron chi connectivity index (χ2n) is 2.31. The van der Waals surface area contributed by atoms with E-state index in [1.165, 1.54) is 6.07 Å². The second kappa shape index (κ2) is 3.57. The van der Waals surface area contributed by atoms with Crippen LogP contribution in [0.2, 0.25) is 5.02 Å². The molecule has 0 saturated carbocycles. The quantitative estimate of drug-likeness (QED) is 0.454. The summed E-state index contributed by atoms with van der Waals surface area (Å²) < 4.78 is 0.563. The molecule has 64 valence electrons. The molecule has 0 bridgehead atoms. The van der Waals surface area contributed by atoms with Crippen LogP contribution in [-0.2, 0) is 0 Å². The van der Waals surface area contributed by atoms with Crippen molar-refractivity contribution in [1.82, 2.24) is 0 Å². The van der Waals surface area contributed by atoms with E-state index in [1.807, 2.05) is 22.6 Å². The summed E-state index contributed by atoms with van der Waals surface area (Å²) in [5.74, 6) is 0. The zero-order valence-corrected chi connectivity index (χ0v) is 9.09. The van der Waals surface area contributed by atoms with Crippen LogP contribution in [0.1, 0.15) is 5.56 Å². The number of halogens is 2. The minimum atomic E-state index is -0.412.